The maximum Gasteiger partial charge on any atom is 0.242 e. The molecule has 0 unspecified atom stereocenters. The molecule has 24 heavy (non-hydrogen) atoms. The van der Waals surface area contributed by atoms with E-state index in [1.807, 2.05) is 50.7 Å². The molecule has 0 saturated heterocycles. The Bertz CT molecular complexity index is 880. The first kappa shape index (κ1) is 15.0. The van der Waals surface area contributed by atoms with E-state index in [4.69, 9.17) is 0 Å². The van der Waals surface area contributed by atoms with Gasteiger partial charge in [-0.3, -0.25) is 9.48 Å². The second-order valence-electron chi connectivity index (χ2n) is 6.18. The first-order valence-corrected chi connectivity index (χ1v) is 8.23. The molecule has 0 fully saturated rings. The van der Waals surface area contributed by atoms with Crippen LogP contribution in [0.4, 0.5) is 0 Å². The molecule has 6 heteroatoms. The zero-order valence-corrected chi connectivity index (χ0v) is 13.4. The summed E-state index contributed by atoms with van der Waals surface area (Å²) in [7, 11) is 0. The summed E-state index contributed by atoms with van der Waals surface area (Å²) in [5, 5.41) is 14.8. The quantitative estimate of drug-likeness (QED) is 0.798. The fourth-order valence-electron chi connectivity index (χ4n) is 3.34. The van der Waals surface area contributed by atoms with Crippen molar-refractivity contribution in [3.8, 4) is 0 Å². The van der Waals surface area contributed by atoms with Gasteiger partial charge in [0.15, 0.2) is 0 Å². The summed E-state index contributed by atoms with van der Waals surface area (Å²) in [5.74, 6) is 0.108. The van der Waals surface area contributed by atoms with E-state index in [-0.39, 0.29) is 12.5 Å². The normalized spacial score (nSPS) is 14.6. The topological polar surface area (TPSA) is 63.3 Å². The molecule has 0 saturated carbocycles. The third kappa shape index (κ3) is 2.69. The van der Waals surface area contributed by atoms with Gasteiger partial charge >= 0.3 is 0 Å². The lowest BCUT2D eigenvalue weighted by Crippen LogP contribution is -2.33. The number of aliphatic hydroxyl groups is 1. The number of amides is 1. The van der Waals surface area contributed by atoms with Crippen molar-refractivity contribution in [3.63, 3.8) is 0 Å². The van der Waals surface area contributed by atoms with Crippen molar-refractivity contribution >= 4 is 16.8 Å². The van der Waals surface area contributed by atoms with E-state index in [0.717, 1.165) is 36.1 Å². The highest BCUT2D eigenvalue weighted by molar-refractivity contribution is 5.83. The van der Waals surface area contributed by atoms with Gasteiger partial charge in [-0.05, 0) is 30.0 Å². The van der Waals surface area contributed by atoms with Gasteiger partial charge in [0.05, 0.1) is 24.5 Å². The summed E-state index contributed by atoms with van der Waals surface area (Å²) in [6, 6.07) is 12.0. The Kier molecular flexibility index (Phi) is 3.82. The Morgan fingerprint density at radius 1 is 1.21 bits per heavy atom. The lowest BCUT2D eigenvalue weighted by atomic mass is 10.2. The van der Waals surface area contributed by atoms with Crippen LogP contribution in [0.15, 0.2) is 42.6 Å². The van der Waals surface area contributed by atoms with Gasteiger partial charge in [0.25, 0.3) is 0 Å². The molecule has 0 atom stereocenters. The van der Waals surface area contributed by atoms with Crippen LogP contribution in [-0.4, -0.2) is 36.8 Å². The fraction of sp³-hybridized carbons (Fsp3) is 0.333. The molecule has 3 heterocycles. The van der Waals surface area contributed by atoms with Crippen molar-refractivity contribution in [2.24, 2.45) is 0 Å². The molecule has 1 aliphatic rings. The van der Waals surface area contributed by atoms with Crippen LogP contribution >= 0.6 is 0 Å². The van der Waals surface area contributed by atoms with Crippen molar-refractivity contribution in [2.75, 3.05) is 6.54 Å². The monoisotopic (exact) mass is 324 g/mol. The Labute approximate surface area is 139 Å². The van der Waals surface area contributed by atoms with Crippen LogP contribution in [0, 0.1) is 0 Å². The van der Waals surface area contributed by atoms with Gasteiger partial charge in [-0.1, -0.05) is 18.2 Å². The number of rotatable bonds is 3. The van der Waals surface area contributed by atoms with Crippen LogP contribution in [0.5, 0.6) is 0 Å². The summed E-state index contributed by atoms with van der Waals surface area (Å²) >= 11 is 0. The van der Waals surface area contributed by atoms with Crippen molar-refractivity contribution in [1.82, 2.24) is 19.2 Å². The maximum atomic E-state index is 12.8. The van der Waals surface area contributed by atoms with Gasteiger partial charge in [0.1, 0.15) is 6.54 Å². The smallest absolute Gasteiger partial charge is 0.242 e. The van der Waals surface area contributed by atoms with E-state index in [2.05, 4.69) is 11.2 Å². The average molecular weight is 324 g/mol. The zero-order valence-electron chi connectivity index (χ0n) is 13.4. The van der Waals surface area contributed by atoms with Crippen LogP contribution < -0.4 is 0 Å². The molecule has 0 bridgehead atoms. The van der Waals surface area contributed by atoms with Crippen molar-refractivity contribution in [1.29, 1.82) is 0 Å². The van der Waals surface area contributed by atoms with Crippen LogP contribution in [0.25, 0.3) is 10.9 Å². The number of aryl methyl sites for hydroxylation is 1. The van der Waals surface area contributed by atoms with E-state index in [9.17, 15) is 9.90 Å². The predicted octanol–water partition coefficient (Wildman–Crippen LogP) is 1.76. The van der Waals surface area contributed by atoms with Gasteiger partial charge in [0, 0.05) is 24.8 Å². The number of aliphatic hydroxyl groups excluding tert-OH is 1. The predicted molar refractivity (Wildman–Crippen MR) is 90.1 cm³/mol. The first-order chi connectivity index (χ1) is 11.7. The molecule has 1 amide bonds. The van der Waals surface area contributed by atoms with Gasteiger partial charge in [-0.15, -0.1) is 0 Å². The molecular formula is C18H20N4O2. The molecule has 0 radical (unpaired) electrons. The molecule has 124 valence electrons. The van der Waals surface area contributed by atoms with Gasteiger partial charge in [-0.25, -0.2) is 0 Å². The SMILES string of the molecule is O=C(Cn1ccc2ccccc21)N1CCCn2nc(CO)cc2C1. The minimum atomic E-state index is -0.0662. The van der Waals surface area contributed by atoms with E-state index in [0.29, 0.717) is 18.8 Å². The van der Waals surface area contributed by atoms with Gasteiger partial charge in [-0.2, -0.15) is 5.10 Å². The molecule has 0 spiro atoms. The van der Waals surface area contributed by atoms with Gasteiger partial charge < -0.3 is 14.6 Å². The number of aromatic nitrogens is 3. The molecule has 1 N–H and O–H groups in total. The molecule has 3 aromatic rings. The lowest BCUT2D eigenvalue weighted by Gasteiger charge is -2.20. The number of carbonyl (C=O) groups excluding carboxylic acids is 1. The molecule has 2 aromatic heterocycles. The molecule has 1 aromatic carbocycles. The largest absolute Gasteiger partial charge is 0.390 e. The van der Waals surface area contributed by atoms with E-state index >= 15 is 0 Å². The standard InChI is InChI=1S/C18H20N4O2/c23-13-15-10-16-11-21(7-3-8-22(16)19-15)18(24)12-20-9-6-14-4-1-2-5-17(14)20/h1-2,4-6,9-10,23H,3,7-8,11-13H2. The number of carbonyl (C=O) groups is 1. The zero-order chi connectivity index (χ0) is 16.5. The molecule has 0 aliphatic carbocycles. The summed E-state index contributed by atoms with van der Waals surface area (Å²) in [6.45, 7) is 2.34. The Morgan fingerprint density at radius 3 is 2.96 bits per heavy atom. The van der Waals surface area contributed by atoms with E-state index < -0.39 is 0 Å². The van der Waals surface area contributed by atoms with Crippen LogP contribution in [0.2, 0.25) is 0 Å². The minimum absolute atomic E-state index is 0.0662. The highest BCUT2D eigenvalue weighted by Gasteiger charge is 2.21. The number of para-hydroxylation sites is 1. The lowest BCUT2D eigenvalue weighted by molar-refractivity contribution is -0.132. The maximum absolute atomic E-state index is 12.8. The Hall–Kier alpha value is -2.60. The second-order valence-corrected chi connectivity index (χ2v) is 6.18. The highest BCUT2D eigenvalue weighted by atomic mass is 16.3. The summed E-state index contributed by atoms with van der Waals surface area (Å²) in [4.78, 5) is 14.7. The summed E-state index contributed by atoms with van der Waals surface area (Å²) < 4.78 is 3.91. The summed E-state index contributed by atoms with van der Waals surface area (Å²) in [5.41, 5.74) is 2.73. The van der Waals surface area contributed by atoms with Crippen molar-refractivity contribution < 1.29 is 9.90 Å². The fourth-order valence-corrected chi connectivity index (χ4v) is 3.34. The number of hydrogen-bond acceptors (Lipinski definition) is 3. The third-order valence-corrected chi connectivity index (χ3v) is 4.57. The first-order valence-electron chi connectivity index (χ1n) is 8.23. The number of benzene rings is 1. The van der Waals surface area contributed by atoms with Gasteiger partial charge in [0.2, 0.25) is 5.91 Å². The van der Waals surface area contributed by atoms with Crippen molar-refractivity contribution in [2.45, 2.75) is 32.7 Å². The third-order valence-electron chi connectivity index (χ3n) is 4.57. The van der Waals surface area contributed by atoms with Crippen LogP contribution in [0.1, 0.15) is 17.8 Å². The van der Waals surface area contributed by atoms with Crippen molar-refractivity contribution in [3.05, 3.63) is 54.0 Å². The van der Waals surface area contributed by atoms with Crippen LogP contribution in [0.3, 0.4) is 0 Å². The summed E-state index contributed by atoms with van der Waals surface area (Å²) in [6.07, 6.45) is 2.84. The molecule has 4 rings (SSSR count). The minimum Gasteiger partial charge on any atom is -0.390 e. The average Bonchev–Trinajstić information content (AvgIpc) is 3.13. The van der Waals surface area contributed by atoms with E-state index in [1.165, 1.54) is 0 Å². The Balaban J connectivity index is 1.53. The van der Waals surface area contributed by atoms with E-state index in [1.54, 1.807) is 0 Å². The Morgan fingerprint density at radius 2 is 2.08 bits per heavy atom. The molecule has 6 nitrogen and oxygen atoms in total. The van der Waals surface area contributed by atoms with Crippen LogP contribution in [-0.2, 0) is 31.0 Å². The second kappa shape index (κ2) is 6.13. The number of nitrogens with zero attached hydrogens (tertiary/aromatic N) is 4. The highest BCUT2D eigenvalue weighted by Crippen LogP contribution is 2.17. The number of fused-ring (bicyclic) bond motifs is 2. The molecule has 1 aliphatic heterocycles. The number of hydrogen-bond donors (Lipinski definition) is 1. The molecular weight excluding hydrogens is 304 g/mol.